The van der Waals surface area contributed by atoms with E-state index in [2.05, 4.69) is 10.3 Å². The number of nitrogens with zero attached hydrogens (tertiary/aromatic N) is 1. The first-order valence-corrected chi connectivity index (χ1v) is 6.32. The summed E-state index contributed by atoms with van der Waals surface area (Å²) in [5.41, 5.74) is 1.59. The van der Waals surface area contributed by atoms with Gasteiger partial charge in [-0.3, -0.25) is 0 Å². The van der Waals surface area contributed by atoms with E-state index >= 15 is 0 Å². The Morgan fingerprint density at radius 3 is 2.95 bits per heavy atom. The summed E-state index contributed by atoms with van der Waals surface area (Å²) < 4.78 is 31.1. The van der Waals surface area contributed by atoms with Gasteiger partial charge in [0.15, 0.2) is 5.69 Å². The summed E-state index contributed by atoms with van der Waals surface area (Å²) in [5, 5.41) is 3.05. The summed E-state index contributed by atoms with van der Waals surface area (Å²) in [5.74, 6) is -2.00. The number of carbonyl (C=O) groups excluding carboxylic acids is 1. The lowest BCUT2D eigenvalue weighted by molar-refractivity contribution is 0.0521. The van der Waals surface area contributed by atoms with Gasteiger partial charge in [0.05, 0.1) is 17.8 Å². The number of benzene rings is 1. The van der Waals surface area contributed by atoms with Crippen molar-refractivity contribution in [2.24, 2.45) is 0 Å². The van der Waals surface area contributed by atoms with Crippen molar-refractivity contribution in [3.05, 3.63) is 41.0 Å². The number of nitrogens with one attached hydrogen (secondary N) is 1. The molecule has 0 spiro atoms. The normalized spacial score (nSPS) is 10.3. The zero-order chi connectivity index (χ0) is 13.8. The molecule has 4 nitrogen and oxygen atoms in total. The molecule has 0 amide bonds. The van der Waals surface area contributed by atoms with E-state index in [4.69, 9.17) is 4.74 Å². The van der Waals surface area contributed by atoms with Crippen LogP contribution in [0.25, 0.3) is 0 Å². The zero-order valence-corrected chi connectivity index (χ0v) is 10.8. The van der Waals surface area contributed by atoms with Crippen LogP contribution in [0.15, 0.2) is 23.7 Å². The highest BCUT2D eigenvalue weighted by molar-refractivity contribution is 7.14. The molecule has 1 heterocycles. The average molecular weight is 284 g/mol. The largest absolute Gasteiger partial charge is 0.461 e. The van der Waals surface area contributed by atoms with Crippen LogP contribution in [-0.4, -0.2) is 17.6 Å². The summed E-state index contributed by atoms with van der Waals surface area (Å²) in [6.45, 7) is 1.90. The summed E-state index contributed by atoms with van der Waals surface area (Å²) in [4.78, 5) is 15.4. The molecule has 1 aromatic heterocycles. The van der Waals surface area contributed by atoms with Crippen molar-refractivity contribution in [1.82, 2.24) is 4.98 Å². The number of aromatic nitrogens is 1. The van der Waals surface area contributed by atoms with Crippen LogP contribution < -0.4 is 5.32 Å². The van der Waals surface area contributed by atoms with E-state index in [1.54, 1.807) is 6.92 Å². The van der Waals surface area contributed by atoms with Gasteiger partial charge in [0, 0.05) is 6.07 Å². The number of thiazole rings is 1. The number of rotatable bonds is 4. The van der Waals surface area contributed by atoms with Crippen molar-refractivity contribution < 1.29 is 18.3 Å². The van der Waals surface area contributed by atoms with Gasteiger partial charge in [-0.2, -0.15) is 0 Å². The Labute approximate surface area is 112 Å². The van der Waals surface area contributed by atoms with Gasteiger partial charge in [-0.15, -0.1) is 11.3 Å². The van der Waals surface area contributed by atoms with Crippen LogP contribution in [-0.2, 0) is 4.74 Å². The lowest BCUT2D eigenvalue weighted by atomic mass is 10.3. The Balaban J connectivity index is 2.24. The van der Waals surface area contributed by atoms with Crippen LogP contribution in [0, 0.1) is 11.6 Å². The molecular weight excluding hydrogens is 274 g/mol. The van der Waals surface area contributed by atoms with Crippen LogP contribution in [0.4, 0.5) is 19.5 Å². The Hall–Kier alpha value is -2.02. The minimum absolute atomic E-state index is 0.0659. The fourth-order valence-corrected chi connectivity index (χ4v) is 2.07. The molecule has 1 N–H and O–H groups in total. The first-order valence-electron chi connectivity index (χ1n) is 5.44. The monoisotopic (exact) mass is 284 g/mol. The lowest BCUT2D eigenvalue weighted by Crippen LogP contribution is -2.07. The number of halogens is 2. The van der Waals surface area contributed by atoms with E-state index in [9.17, 15) is 13.6 Å². The van der Waals surface area contributed by atoms with E-state index in [1.165, 1.54) is 11.6 Å². The summed E-state index contributed by atoms with van der Waals surface area (Å²) in [7, 11) is 0. The second-order valence-corrected chi connectivity index (χ2v) is 4.35. The molecule has 0 aliphatic heterocycles. The maximum absolute atomic E-state index is 13.5. The number of hydrogen-bond donors (Lipinski definition) is 1. The SMILES string of the molecule is CCOC(=O)c1ncsc1Nc1ccc(F)cc1F. The molecule has 0 atom stereocenters. The molecule has 2 rings (SSSR count). The van der Waals surface area contributed by atoms with Crippen molar-refractivity contribution in [3.63, 3.8) is 0 Å². The molecule has 0 unspecified atom stereocenters. The molecule has 0 aliphatic carbocycles. The van der Waals surface area contributed by atoms with Crippen LogP contribution in [0.3, 0.4) is 0 Å². The van der Waals surface area contributed by atoms with Crippen molar-refractivity contribution in [2.45, 2.75) is 6.92 Å². The number of carbonyl (C=O) groups is 1. The number of anilines is 2. The molecule has 100 valence electrons. The molecule has 0 aliphatic rings. The Morgan fingerprint density at radius 1 is 1.47 bits per heavy atom. The second-order valence-electron chi connectivity index (χ2n) is 3.50. The predicted molar refractivity (Wildman–Crippen MR) is 67.7 cm³/mol. The van der Waals surface area contributed by atoms with Crippen molar-refractivity contribution in [1.29, 1.82) is 0 Å². The summed E-state index contributed by atoms with van der Waals surface area (Å²) in [6.07, 6.45) is 0. The van der Waals surface area contributed by atoms with E-state index in [-0.39, 0.29) is 18.0 Å². The Bertz CT molecular complexity index is 601. The molecule has 0 saturated heterocycles. The average Bonchev–Trinajstić information content (AvgIpc) is 2.81. The van der Waals surface area contributed by atoms with Gasteiger partial charge in [-0.05, 0) is 19.1 Å². The predicted octanol–water partition coefficient (Wildman–Crippen LogP) is 3.34. The molecule has 19 heavy (non-hydrogen) atoms. The van der Waals surface area contributed by atoms with Crippen molar-refractivity contribution in [3.8, 4) is 0 Å². The molecular formula is C12H10F2N2O2S. The smallest absolute Gasteiger partial charge is 0.360 e. The van der Waals surface area contributed by atoms with E-state index in [0.29, 0.717) is 5.00 Å². The van der Waals surface area contributed by atoms with Crippen LogP contribution in [0.5, 0.6) is 0 Å². The molecule has 2 aromatic rings. The third-order valence-electron chi connectivity index (χ3n) is 2.22. The van der Waals surface area contributed by atoms with Crippen LogP contribution >= 0.6 is 11.3 Å². The number of hydrogen-bond acceptors (Lipinski definition) is 5. The second kappa shape index (κ2) is 5.75. The highest BCUT2D eigenvalue weighted by atomic mass is 32.1. The Morgan fingerprint density at radius 2 is 2.26 bits per heavy atom. The maximum Gasteiger partial charge on any atom is 0.360 e. The van der Waals surface area contributed by atoms with Gasteiger partial charge in [-0.25, -0.2) is 18.6 Å². The van der Waals surface area contributed by atoms with Gasteiger partial charge in [0.25, 0.3) is 0 Å². The van der Waals surface area contributed by atoms with Gasteiger partial charge < -0.3 is 10.1 Å². The van der Waals surface area contributed by atoms with Gasteiger partial charge in [-0.1, -0.05) is 0 Å². The molecule has 0 saturated carbocycles. The Kier molecular flexibility index (Phi) is 4.06. The molecule has 7 heteroatoms. The highest BCUT2D eigenvalue weighted by Gasteiger charge is 2.17. The molecule has 0 bridgehead atoms. The van der Waals surface area contributed by atoms with Gasteiger partial charge in [0.1, 0.15) is 16.6 Å². The van der Waals surface area contributed by atoms with Crippen molar-refractivity contribution in [2.75, 3.05) is 11.9 Å². The zero-order valence-electron chi connectivity index (χ0n) is 9.94. The van der Waals surface area contributed by atoms with Gasteiger partial charge in [0.2, 0.25) is 0 Å². The number of ether oxygens (including phenoxy) is 1. The van der Waals surface area contributed by atoms with Gasteiger partial charge >= 0.3 is 5.97 Å². The fourth-order valence-electron chi connectivity index (χ4n) is 1.39. The molecule has 1 aromatic carbocycles. The quantitative estimate of drug-likeness (QED) is 0.875. The van der Waals surface area contributed by atoms with Crippen molar-refractivity contribution >= 4 is 28.0 Å². The van der Waals surface area contributed by atoms with E-state index in [1.807, 2.05) is 0 Å². The molecule has 0 radical (unpaired) electrons. The fraction of sp³-hybridized carbons (Fsp3) is 0.167. The first-order chi connectivity index (χ1) is 9.11. The third-order valence-corrected chi connectivity index (χ3v) is 2.96. The van der Waals surface area contributed by atoms with Crippen LogP contribution in [0.1, 0.15) is 17.4 Å². The van der Waals surface area contributed by atoms with E-state index < -0.39 is 17.6 Å². The van der Waals surface area contributed by atoms with Crippen LogP contribution in [0.2, 0.25) is 0 Å². The van der Waals surface area contributed by atoms with E-state index in [0.717, 1.165) is 23.5 Å². The summed E-state index contributed by atoms with van der Waals surface area (Å²) in [6, 6.07) is 3.13. The first kappa shape index (κ1) is 13.4. The standard InChI is InChI=1S/C12H10F2N2O2S/c1-2-18-12(17)10-11(19-6-15-10)16-9-4-3-7(13)5-8(9)14/h3-6,16H,2H2,1H3. The minimum Gasteiger partial charge on any atom is -0.461 e. The number of esters is 1. The lowest BCUT2D eigenvalue weighted by Gasteiger charge is -2.07. The third kappa shape index (κ3) is 3.05. The topological polar surface area (TPSA) is 51.2 Å². The maximum atomic E-state index is 13.5. The minimum atomic E-state index is -0.747. The molecule has 0 fully saturated rings. The highest BCUT2D eigenvalue weighted by Crippen LogP contribution is 2.27. The summed E-state index contributed by atoms with van der Waals surface area (Å²) >= 11 is 1.13.